The Kier molecular flexibility index (Phi) is 3.10. The van der Waals surface area contributed by atoms with Crippen molar-refractivity contribution in [1.29, 1.82) is 0 Å². The van der Waals surface area contributed by atoms with Gasteiger partial charge in [0.15, 0.2) is 5.13 Å². The van der Waals surface area contributed by atoms with Crippen LogP contribution in [-0.2, 0) is 0 Å². The van der Waals surface area contributed by atoms with Crippen LogP contribution in [0.5, 0.6) is 0 Å². The zero-order chi connectivity index (χ0) is 12.4. The van der Waals surface area contributed by atoms with Crippen molar-refractivity contribution >= 4 is 28.1 Å². The molecule has 90 valence electrons. The summed E-state index contributed by atoms with van der Waals surface area (Å²) in [6, 6.07) is 0. The Hall–Kier alpha value is -1.89. The smallest absolute Gasteiger partial charge is 0.277 e. The lowest BCUT2D eigenvalue weighted by Crippen LogP contribution is -2.14. The molecule has 0 atom stereocenters. The third-order valence-corrected chi connectivity index (χ3v) is 3.01. The van der Waals surface area contributed by atoms with Gasteiger partial charge in [-0.2, -0.15) is 5.10 Å². The Bertz CT molecular complexity index is 530. The summed E-state index contributed by atoms with van der Waals surface area (Å²) in [5, 5.41) is 11.4. The molecule has 1 amide bonds. The first kappa shape index (κ1) is 11.6. The number of aromatic nitrogens is 3. The van der Waals surface area contributed by atoms with Crippen molar-refractivity contribution < 1.29 is 4.79 Å². The molecule has 2 aromatic rings. The van der Waals surface area contributed by atoms with E-state index in [4.69, 9.17) is 5.73 Å². The van der Waals surface area contributed by atoms with Gasteiger partial charge in [0.2, 0.25) is 0 Å². The molecule has 0 aliphatic heterocycles. The Morgan fingerprint density at radius 1 is 1.59 bits per heavy atom. The van der Waals surface area contributed by atoms with E-state index >= 15 is 0 Å². The number of aromatic amines is 1. The maximum atomic E-state index is 11.8. The summed E-state index contributed by atoms with van der Waals surface area (Å²) < 4.78 is 0. The van der Waals surface area contributed by atoms with Crippen LogP contribution in [0.3, 0.4) is 0 Å². The fourth-order valence-corrected chi connectivity index (χ4v) is 2.11. The highest BCUT2D eigenvalue weighted by atomic mass is 32.1. The molecule has 0 bridgehead atoms. The molecule has 0 radical (unpaired) electrons. The van der Waals surface area contributed by atoms with Gasteiger partial charge in [0, 0.05) is 5.38 Å². The predicted molar refractivity (Wildman–Crippen MR) is 67.2 cm³/mol. The van der Waals surface area contributed by atoms with Crippen LogP contribution in [0, 0.1) is 0 Å². The number of hydrogen-bond acceptors (Lipinski definition) is 5. The molecule has 0 unspecified atom stereocenters. The molecule has 0 saturated carbocycles. The number of nitrogens with one attached hydrogen (secondary N) is 2. The number of H-pyrrole nitrogens is 1. The second kappa shape index (κ2) is 4.54. The molecule has 17 heavy (non-hydrogen) atoms. The molecule has 2 heterocycles. The molecule has 0 aliphatic rings. The van der Waals surface area contributed by atoms with Gasteiger partial charge in [-0.25, -0.2) is 4.98 Å². The number of nitrogens with two attached hydrogens (primary N) is 1. The number of carbonyl (C=O) groups excluding carboxylic acids is 1. The van der Waals surface area contributed by atoms with Gasteiger partial charge in [-0.05, 0) is 5.92 Å². The Morgan fingerprint density at radius 3 is 2.88 bits per heavy atom. The van der Waals surface area contributed by atoms with Crippen LogP contribution in [0.4, 0.5) is 10.8 Å². The average Bonchev–Trinajstić information content (AvgIpc) is 2.86. The zero-order valence-electron chi connectivity index (χ0n) is 9.52. The molecule has 0 spiro atoms. The minimum atomic E-state index is -0.329. The Labute approximate surface area is 102 Å². The van der Waals surface area contributed by atoms with Crippen LogP contribution in [-0.4, -0.2) is 21.1 Å². The molecule has 0 aliphatic carbocycles. The van der Waals surface area contributed by atoms with Crippen LogP contribution >= 0.6 is 11.3 Å². The van der Waals surface area contributed by atoms with Crippen molar-refractivity contribution in [2.45, 2.75) is 19.8 Å². The zero-order valence-corrected chi connectivity index (χ0v) is 10.3. The van der Waals surface area contributed by atoms with Crippen molar-refractivity contribution in [2.75, 3.05) is 11.1 Å². The minimum Gasteiger partial charge on any atom is -0.396 e. The van der Waals surface area contributed by atoms with Gasteiger partial charge in [-0.3, -0.25) is 15.2 Å². The first-order valence-electron chi connectivity index (χ1n) is 5.13. The minimum absolute atomic E-state index is 0.256. The van der Waals surface area contributed by atoms with E-state index in [1.807, 2.05) is 19.2 Å². The maximum Gasteiger partial charge on any atom is 0.277 e. The molecule has 4 N–H and O–H groups in total. The molecule has 0 saturated heterocycles. The number of nitrogen functional groups attached to an aromatic ring is 1. The van der Waals surface area contributed by atoms with Crippen LogP contribution < -0.4 is 11.1 Å². The van der Waals surface area contributed by atoms with Crippen molar-refractivity contribution in [1.82, 2.24) is 15.2 Å². The van der Waals surface area contributed by atoms with Crippen molar-refractivity contribution in [3.63, 3.8) is 0 Å². The van der Waals surface area contributed by atoms with E-state index in [2.05, 4.69) is 20.5 Å². The molecule has 2 aromatic heterocycles. The SMILES string of the molecule is CC(C)c1csc(NC(=O)c2[nH]ncc2N)n1. The third-order valence-electron chi connectivity index (χ3n) is 2.23. The Morgan fingerprint density at radius 2 is 2.35 bits per heavy atom. The van der Waals surface area contributed by atoms with E-state index in [0.29, 0.717) is 16.7 Å². The summed E-state index contributed by atoms with van der Waals surface area (Å²) in [6.45, 7) is 4.10. The first-order valence-corrected chi connectivity index (χ1v) is 6.01. The quantitative estimate of drug-likeness (QED) is 0.775. The van der Waals surface area contributed by atoms with Gasteiger partial charge in [0.05, 0.1) is 17.6 Å². The summed E-state index contributed by atoms with van der Waals surface area (Å²) in [7, 11) is 0. The summed E-state index contributed by atoms with van der Waals surface area (Å²) in [6.07, 6.45) is 1.40. The van der Waals surface area contributed by atoms with Crippen LogP contribution in [0.25, 0.3) is 0 Å². The Balaban J connectivity index is 2.11. The average molecular weight is 251 g/mol. The summed E-state index contributed by atoms with van der Waals surface area (Å²) >= 11 is 1.39. The van der Waals surface area contributed by atoms with Crippen LogP contribution in [0.15, 0.2) is 11.6 Å². The maximum absolute atomic E-state index is 11.8. The number of rotatable bonds is 3. The van der Waals surface area contributed by atoms with Crippen molar-refractivity contribution in [2.24, 2.45) is 0 Å². The van der Waals surface area contributed by atoms with Gasteiger partial charge >= 0.3 is 0 Å². The van der Waals surface area contributed by atoms with Crippen LogP contribution in [0.1, 0.15) is 35.9 Å². The third kappa shape index (κ3) is 2.44. The summed E-state index contributed by atoms with van der Waals surface area (Å²) in [5.74, 6) is 0.0128. The van der Waals surface area contributed by atoms with Crippen molar-refractivity contribution in [3.05, 3.63) is 23.0 Å². The number of amides is 1. The number of anilines is 2. The van der Waals surface area contributed by atoms with E-state index in [1.54, 1.807) is 0 Å². The molecule has 0 aromatic carbocycles. The first-order chi connectivity index (χ1) is 8.08. The topological polar surface area (TPSA) is 96.7 Å². The van der Waals surface area contributed by atoms with Gasteiger partial charge in [0.25, 0.3) is 5.91 Å². The highest BCUT2D eigenvalue weighted by Gasteiger charge is 2.14. The highest BCUT2D eigenvalue weighted by Crippen LogP contribution is 2.22. The highest BCUT2D eigenvalue weighted by molar-refractivity contribution is 7.14. The van der Waals surface area contributed by atoms with E-state index < -0.39 is 0 Å². The molecule has 2 rings (SSSR count). The monoisotopic (exact) mass is 251 g/mol. The lowest BCUT2D eigenvalue weighted by molar-refractivity contribution is 0.102. The number of thiazole rings is 1. The second-order valence-electron chi connectivity index (χ2n) is 3.89. The molecule has 0 fully saturated rings. The summed E-state index contributed by atoms with van der Waals surface area (Å²) in [4.78, 5) is 16.1. The van der Waals surface area contributed by atoms with Gasteiger partial charge in [-0.15, -0.1) is 11.3 Å². The van der Waals surface area contributed by atoms with E-state index in [1.165, 1.54) is 17.5 Å². The van der Waals surface area contributed by atoms with Crippen LogP contribution in [0.2, 0.25) is 0 Å². The lowest BCUT2D eigenvalue weighted by Gasteiger charge is -2.00. The number of carbonyl (C=O) groups is 1. The standard InChI is InChI=1S/C10H13N5OS/c1-5(2)7-4-17-10(13-7)14-9(16)8-6(11)3-12-15-8/h3-5H,11H2,1-2H3,(H,12,15)(H,13,14,16). The van der Waals surface area contributed by atoms with Gasteiger partial charge < -0.3 is 5.73 Å². The molecule has 6 nitrogen and oxygen atoms in total. The fourth-order valence-electron chi connectivity index (χ4n) is 1.25. The van der Waals surface area contributed by atoms with Crippen molar-refractivity contribution in [3.8, 4) is 0 Å². The fraction of sp³-hybridized carbons (Fsp3) is 0.300. The molecular weight excluding hydrogens is 238 g/mol. The second-order valence-corrected chi connectivity index (χ2v) is 4.74. The van der Waals surface area contributed by atoms with E-state index in [-0.39, 0.29) is 11.6 Å². The normalized spacial score (nSPS) is 10.8. The van der Waals surface area contributed by atoms with E-state index in [0.717, 1.165) is 5.69 Å². The number of nitrogens with zero attached hydrogens (tertiary/aromatic N) is 2. The molecular formula is C10H13N5OS. The van der Waals surface area contributed by atoms with Gasteiger partial charge in [0.1, 0.15) is 5.69 Å². The summed E-state index contributed by atoms with van der Waals surface area (Å²) in [5.41, 5.74) is 7.12. The number of hydrogen-bond donors (Lipinski definition) is 3. The van der Waals surface area contributed by atoms with E-state index in [9.17, 15) is 4.79 Å². The largest absolute Gasteiger partial charge is 0.396 e. The predicted octanol–water partition coefficient (Wildman–Crippen LogP) is 1.82. The molecule has 7 heteroatoms. The van der Waals surface area contributed by atoms with Gasteiger partial charge in [-0.1, -0.05) is 13.8 Å². The lowest BCUT2D eigenvalue weighted by atomic mass is 10.2.